The quantitative estimate of drug-likeness (QED) is 0.675. The van der Waals surface area contributed by atoms with Crippen molar-refractivity contribution >= 4 is 23.6 Å². The summed E-state index contributed by atoms with van der Waals surface area (Å²) in [7, 11) is 1.36. The molecule has 0 spiro atoms. The van der Waals surface area contributed by atoms with E-state index in [9.17, 15) is 4.79 Å². The monoisotopic (exact) mass is 265 g/mol. The summed E-state index contributed by atoms with van der Waals surface area (Å²) < 4.78 is 4.54. The molecule has 1 aromatic carbocycles. The second-order valence-electron chi connectivity index (χ2n) is 4.29. The van der Waals surface area contributed by atoms with E-state index in [1.807, 2.05) is 18.2 Å². The molecule has 1 aliphatic rings. The van der Waals surface area contributed by atoms with Gasteiger partial charge in [0.05, 0.1) is 7.11 Å². The van der Waals surface area contributed by atoms with E-state index in [4.69, 9.17) is 11.6 Å². The summed E-state index contributed by atoms with van der Waals surface area (Å²) in [5.74, 6) is -0.368. The van der Waals surface area contributed by atoms with Gasteiger partial charge < -0.3 is 10.1 Å². The maximum atomic E-state index is 11.0. The van der Waals surface area contributed by atoms with Crippen LogP contribution in [0.15, 0.2) is 24.3 Å². The highest BCUT2D eigenvalue weighted by Crippen LogP contribution is 2.30. The lowest BCUT2D eigenvalue weighted by Crippen LogP contribution is -2.13. The Morgan fingerprint density at radius 1 is 1.56 bits per heavy atom. The largest absolute Gasteiger partial charge is 0.466 e. The minimum absolute atomic E-state index is 0.358. The number of carbonyl (C=O) groups is 1. The highest BCUT2D eigenvalue weighted by Gasteiger charge is 2.18. The number of esters is 1. The van der Waals surface area contributed by atoms with Crippen LogP contribution in [-0.2, 0) is 9.53 Å². The Balaban J connectivity index is 2.14. The van der Waals surface area contributed by atoms with Crippen molar-refractivity contribution in [2.45, 2.75) is 18.9 Å². The molecule has 0 bridgehead atoms. The fraction of sp³-hybridized carbons (Fsp3) is 0.357. The van der Waals surface area contributed by atoms with Crippen LogP contribution < -0.4 is 5.32 Å². The number of carbonyl (C=O) groups excluding carboxylic acids is 1. The molecule has 1 heterocycles. The lowest BCUT2D eigenvalue weighted by Gasteiger charge is -2.12. The molecule has 0 amide bonds. The van der Waals surface area contributed by atoms with Crippen molar-refractivity contribution in [3.8, 4) is 0 Å². The number of hydrogen-bond donors (Lipinski definition) is 1. The third-order valence-electron chi connectivity index (χ3n) is 3.07. The van der Waals surface area contributed by atoms with Crippen molar-refractivity contribution in [3.63, 3.8) is 0 Å². The molecule has 0 aliphatic carbocycles. The minimum Gasteiger partial charge on any atom is -0.466 e. The molecule has 0 radical (unpaired) electrons. The number of nitrogens with one attached hydrogen (secondary N) is 1. The highest BCUT2D eigenvalue weighted by atomic mass is 35.5. The third kappa shape index (κ3) is 3.12. The Bertz CT molecular complexity index is 465. The summed E-state index contributed by atoms with van der Waals surface area (Å²) in [6.07, 6.45) is 5.39. The lowest BCUT2D eigenvalue weighted by atomic mass is 10.0. The average molecular weight is 266 g/mol. The van der Waals surface area contributed by atoms with E-state index in [1.165, 1.54) is 19.6 Å². The van der Waals surface area contributed by atoms with Crippen LogP contribution in [-0.4, -0.2) is 19.6 Å². The van der Waals surface area contributed by atoms with E-state index in [-0.39, 0.29) is 5.97 Å². The highest BCUT2D eigenvalue weighted by molar-refractivity contribution is 6.31. The van der Waals surface area contributed by atoms with Crippen molar-refractivity contribution in [3.05, 3.63) is 40.4 Å². The van der Waals surface area contributed by atoms with Crippen molar-refractivity contribution in [2.75, 3.05) is 13.7 Å². The van der Waals surface area contributed by atoms with Gasteiger partial charge in [0.2, 0.25) is 0 Å². The third-order valence-corrected chi connectivity index (χ3v) is 3.40. The molecule has 18 heavy (non-hydrogen) atoms. The molecule has 4 heteroatoms. The van der Waals surface area contributed by atoms with Gasteiger partial charge in [0, 0.05) is 17.1 Å². The molecule has 1 saturated heterocycles. The molecule has 1 aliphatic heterocycles. The van der Waals surface area contributed by atoms with Gasteiger partial charge in [-0.3, -0.25) is 0 Å². The van der Waals surface area contributed by atoms with Gasteiger partial charge in [0.1, 0.15) is 0 Å². The van der Waals surface area contributed by atoms with Crippen LogP contribution in [0, 0.1) is 0 Å². The number of ether oxygens (including phenoxy) is 1. The van der Waals surface area contributed by atoms with E-state index in [0.29, 0.717) is 6.04 Å². The van der Waals surface area contributed by atoms with Gasteiger partial charge in [-0.2, -0.15) is 0 Å². The number of rotatable bonds is 3. The second kappa shape index (κ2) is 6.03. The summed E-state index contributed by atoms with van der Waals surface area (Å²) in [6.45, 7) is 1.05. The standard InChI is InChI=1S/C14H16ClNO2/c1-18-14(17)7-5-10-4-6-11(12(15)9-10)13-3-2-8-16-13/h4-7,9,13,16H,2-3,8H2,1H3/b7-5+. The van der Waals surface area contributed by atoms with E-state index in [0.717, 1.165) is 29.1 Å². The fourth-order valence-corrected chi connectivity index (χ4v) is 2.43. The summed E-state index contributed by atoms with van der Waals surface area (Å²) in [5, 5.41) is 4.15. The zero-order chi connectivity index (χ0) is 13.0. The van der Waals surface area contributed by atoms with Crippen molar-refractivity contribution in [1.82, 2.24) is 5.32 Å². The van der Waals surface area contributed by atoms with Crippen LogP contribution in [0.1, 0.15) is 30.0 Å². The van der Waals surface area contributed by atoms with Crippen molar-refractivity contribution in [2.24, 2.45) is 0 Å². The molecular weight excluding hydrogens is 250 g/mol. The summed E-state index contributed by atoms with van der Waals surface area (Å²) in [5.41, 5.74) is 2.02. The Kier molecular flexibility index (Phi) is 4.39. The van der Waals surface area contributed by atoms with E-state index in [1.54, 1.807) is 6.08 Å². The van der Waals surface area contributed by atoms with Gasteiger partial charge in [-0.05, 0) is 42.7 Å². The Morgan fingerprint density at radius 2 is 2.39 bits per heavy atom. The number of methoxy groups -OCH3 is 1. The predicted molar refractivity (Wildman–Crippen MR) is 72.5 cm³/mol. The van der Waals surface area contributed by atoms with Gasteiger partial charge in [-0.15, -0.1) is 0 Å². The molecule has 96 valence electrons. The van der Waals surface area contributed by atoms with E-state index < -0.39 is 0 Å². The van der Waals surface area contributed by atoms with Crippen LogP contribution in [0.25, 0.3) is 6.08 Å². The molecule has 2 rings (SSSR count). The number of hydrogen-bond acceptors (Lipinski definition) is 3. The maximum absolute atomic E-state index is 11.0. The maximum Gasteiger partial charge on any atom is 0.330 e. The summed E-state index contributed by atoms with van der Waals surface area (Å²) in [6, 6.07) is 6.20. The van der Waals surface area contributed by atoms with Gasteiger partial charge in [-0.25, -0.2) is 4.79 Å². The smallest absolute Gasteiger partial charge is 0.330 e. The van der Waals surface area contributed by atoms with Gasteiger partial charge in [0.15, 0.2) is 0 Å². The van der Waals surface area contributed by atoms with E-state index >= 15 is 0 Å². The predicted octanol–water partition coefficient (Wildman–Crippen LogP) is 2.95. The first kappa shape index (κ1) is 13.1. The number of benzene rings is 1. The molecule has 1 atom stereocenters. The van der Waals surface area contributed by atoms with Gasteiger partial charge >= 0.3 is 5.97 Å². The first-order chi connectivity index (χ1) is 8.70. The molecule has 1 fully saturated rings. The van der Waals surface area contributed by atoms with Crippen LogP contribution in [0.2, 0.25) is 5.02 Å². The molecule has 3 nitrogen and oxygen atoms in total. The number of halogens is 1. The molecule has 0 saturated carbocycles. The van der Waals surface area contributed by atoms with Crippen molar-refractivity contribution < 1.29 is 9.53 Å². The van der Waals surface area contributed by atoms with Crippen LogP contribution in [0.5, 0.6) is 0 Å². The summed E-state index contributed by atoms with van der Waals surface area (Å²) in [4.78, 5) is 11.0. The lowest BCUT2D eigenvalue weighted by molar-refractivity contribution is -0.134. The SMILES string of the molecule is COC(=O)/C=C/c1ccc(C2CCCN2)c(Cl)c1. The van der Waals surface area contributed by atoms with E-state index in [2.05, 4.69) is 10.1 Å². The zero-order valence-corrected chi connectivity index (χ0v) is 11.0. The van der Waals surface area contributed by atoms with Crippen LogP contribution >= 0.6 is 11.6 Å². The first-order valence-electron chi connectivity index (χ1n) is 5.99. The van der Waals surface area contributed by atoms with Crippen LogP contribution in [0.4, 0.5) is 0 Å². The average Bonchev–Trinajstić information content (AvgIpc) is 2.89. The Hall–Kier alpha value is -1.32. The normalized spacial score (nSPS) is 19.3. The Morgan fingerprint density at radius 3 is 3.00 bits per heavy atom. The molecule has 1 N–H and O–H groups in total. The first-order valence-corrected chi connectivity index (χ1v) is 6.37. The second-order valence-corrected chi connectivity index (χ2v) is 4.69. The molecule has 1 aromatic rings. The topological polar surface area (TPSA) is 38.3 Å². The zero-order valence-electron chi connectivity index (χ0n) is 10.3. The van der Waals surface area contributed by atoms with Gasteiger partial charge in [0.25, 0.3) is 0 Å². The van der Waals surface area contributed by atoms with Crippen molar-refractivity contribution in [1.29, 1.82) is 0 Å². The molecule has 1 unspecified atom stereocenters. The van der Waals surface area contributed by atoms with Gasteiger partial charge in [-0.1, -0.05) is 23.7 Å². The minimum atomic E-state index is -0.368. The van der Waals surface area contributed by atoms with Crippen LogP contribution in [0.3, 0.4) is 0 Å². The fourth-order valence-electron chi connectivity index (χ4n) is 2.11. The molecular formula is C14H16ClNO2. The summed E-state index contributed by atoms with van der Waals surface area (Å²) >= 11 is 6.27. The molecule has 0 aromatic heterocycles. The Labute approximate surface area is 112 Å².